The highest BCUT2D eigenvalue weighted by Crippen LogP contribution is 2.46. The molecule has 2 heterocycles. The van der Waals surface area contributed by atoms with Crippen LogP contribution in [0.15, 0.2) is 53.6 Å². The van der Waals surface area contributed by atoms with Crippen LogP contribution in [0.5, 0.6) is 0 Å². The minimum Gasteiger partial charge on any atom is -0.464 e. The van der Waals surface area contributed by atoms with E-state index in [2.05, 4.69) is 10.5 Å². The summed E-state index contributed by atoms with van der Waals surface area (Å²) in [6, 6.07) is 11.5. The third-order valence-electron chi connectivity index (χ3n) is 5.07. The molecule has 1 saturated heterocycles. The van der Waals surface area contributed by atoms with Crippen LogP contribution in [-0.2, 0) is 24.7 Å². The van der Waals surface area contributed by atoms with Gasteiger partial charge in [0.15, 0.2) is 11.3 Å². The van der Waals surface area contributed by atoms with Crippen molar-refractivity contribution in [2.45, 2.75) is 5.54 Å². The van der Waals surface area contributed by atoms with Crippen molar-refractivity contribution < 1.29 is 24.0 Å². The average Bonchev–Trinajstić information content (AvgIpc) is 3.24. The number of nitrogens with zero attached hydrogens (tertiary/aromatic N) is 3. The summed E-state index contributed by atoms with van der Waals surface area (Å²) in [5, 5.41) is 15.3. The Morgan fingerprint density at radius 1 is 1.27 bits per heavy atom. The van der Waals surface area contributed by atoms with Gasteiger partial charge < -0.3 is 4.74 Å². The summed E-state index contributed by atoms with van der Waals surface area (Å²) >= 11 is 6.20. The second-order valence-corrected chi connectivity index (χ2v) is 6.99. The molecule has 2 aliphatic rings. The van der Waals surface area contributed by atoms with Crippen molar-refractivity contribution in [3.63, 3.8) is 0 Å². The fourth-order valence-corrected chi connectivity index (χ4v) is 3.93. The van der Waals surface area contributed by atoms with E-state index in [4.69, 9.17) is 16.3 Å². The van der Waals surface area contributed by atoms with Crippen LogP contribution in [0.25, 0.3) is 0 Å². The van der Waals surface area contributed by atoms with Gasteiger partial charge in [0.2, 0.25) is 5.91 Å². The number of esters is 1. The van der Waals surface area contributed by atoms with Crippen molar-refractivity contribution in [1.29, 1.82) is 0 Å². The topological polar surface area (TPSA) is 131 Å². The molecule has 30 heavy (non-hydrogen) atoms. The molecule has 152 valence electrons. The Morgan fingerprint density at radius 3 is 2.67 bits per heavy atom. The number of non-ortho nitro benzene ring substituents is 1. The van der Waals surface area contributed by atoms with Crippen molar-refractivity contribution in [2.75, 3.05) is 12.0 Å². The lowest BCUT2D eigenvalue weighted by Crippen LogP contribution is -2.48. The first kappa shape index (κ1) is 19.5. The summed E-state index contributed by atoms with van der Waals surface area (Å²) < 4.78 is 4.71. The van der Waals surface area contributed by atoms with Crippen molar-refractivity contribution in [3.8, 4) is 0 Å². The second kappa shape index (κ2) is 6.92. The minimum atomic E-state index is -1.86. The van der Waals surface area contributed by atoms with Crippen molar-refractivity contribution >= 4 is 46.5 Å². The highest BCUT2D eigenvalue weighted by Gasteiger charge is 2.67. The molecule has 0 saturated carbocycles. The smallest absolute Gasteiger partial charge is 0.355 e. The number of carbonyl (C=O) groups is 3. The fourth-order valence-electron chi connectivity index (χ4n) is 3.71. The number of hydrazone groups is 1. The van der Waals surface area contributed by atoms with Crippen LogP contribution >= 0.6 is 11.6 Å². The van der Waals surface area contributed by atoms with Crippen LogP contribution in [-0.4, -0.2) is 35.5 Å². The number of hydrogen-bond acceptors (Lipinski definition) is 8. The van der Waals surface area contributed by atoms with Gasteiger partial charge in [-0.3, -0.25) is 25.1 Å². The molecular formula is C19H13ClN4O6. The monoisotopic (exact) mass is 428 g/mol. The van der Waals surface area contributed by atoms with Gasteiger partial charge in [-0.1, -0.05) is 35.9 Å². The number of amides is 2. The number of para-hydroxylation sites is 1. The normalized spacial score (nSPS) is 22.4. The third kappa shape index (κ3) is 2.57. The zero-order chi connectivity index (χ0) is 21.6. The molecule has 1 N–H and O–H groups in total. The summed E-state index contributed by atoms with van der Waals surface area (Å²) in [6.07, 6.45) is 0. The van der Waals surface area contributed by atoms with Crippen LogP contribution in [0.3, 0.4) is 0 Å². The summed E-state index contributed by atoms with van der Waals surface area (Å²) in [4.78, 5) is 50.7. The molecule has 10 nitrogen and oxygen atoms in total. The number of benzene rings is 2. The number of methoxy groups -OCH3 is 1. The molecule has 2 aromatic carbocycles. The summed E-state index contributed by atoms with van der Waals surface area (Å²) in [7, 11) is 1.12. The van der Waals surface area contributed by atoms with Crippen LogP contribution < -0.4 is 10.3 Å². The zero-order valence-corrected chi connectivity index (χ0v) is 16.1. The maximum atomic E-state index is 13.6. The molecule has 0 aliphatic carbocycles. The summed E-state index contributed by atoms with van der Waals surface area (Å²) in [5.74, 6) is -3.82. The zero-order valence-electron chi connectivity index (χ0n) is 15.4. The average molecular weight is 429 g/mol. The van der Waals surface area contributed by atoms with Crippen molar-refractivity contribution in [2.24, 2.45) is 11.0 Å². The van der Waals surface area contributed by atoms with Gasteiger partial charge in [-0.2, -0.15) is 5.10 Å². The number of anilines is 1. The minimum absolute atomic E-state index is 0.109. The Morgan fingerprint density at radius 2 is 2.00 bits per heavy atom. The van der Waals surface area contributed by atoms with Crippen LogP contribution in [0.2, 0.25) is 5.02 Å². The number of hydrogen-bond donors (Lipinski definition) is 1. The molecule has 2 atom stereocenters. The van der Waals surface area contributed by atoms with E-state index in [1.54, 1.807) is 12.1 Å². The van der Waals surface area contributed by atoms with E-state index < -0.39 is 34.2 Å². The molecule has 4 rings (SSSR count). The van der Waals surface area contributed by atoms with E-state index >= 15 is 0 Å². The van der Waals surface area contributed by atoms with E-state index in [9.17, 15) is 24.5 Å². The van der Waals surface area contributed by atoms with Gasteiger partial charge in [0.1, 0.15) is 5.92 Å². The molecule has 2 amide bonds. The van der Waals surface area contributed by atoms with Gasteiger partial charge in [0.05, 0.1) is 22.7 Å². The first-order valence-corrected chi connectivity index (χ1v) is 9.01. The van der Waals surface area contributed by atoms with Crippen LogP contribution in [0.4, 0.5) is 11.4 Å². The number of fused-ring (bicyclic) bond motifs is 1. The molecule has 0 aromatic heterocycles. The molecule has 11 heteroatoms. The Hall–Kier alpha value is -3.79. The Bertz CT molecular complexity index is 1150. The van der Waals surface area contributed by atoms with Crippen LogP contribution in [0, 0.1) is 16.0 Å². The molecule has 0 radical (unpaired) electrons. The summed E-state index contributed by atoms with van der Waals surface area (Å²) in [6.45, 7) is 0. The highest BCUT2D eigenvalue weighted by atomic mass is 35.5. The SMILES string of the molecule is COC(=O)C1=NNC2(c3cccc([N+](=O)[O-])c3)C(=O)N(c3ccccc3Cl)C(=O)C12. The maximum Gasteiger partial charge on any atom is 0.355 e. The second-order valence-electron chi connectivity index (χ2n) is 6.58. The number of nitrogens with one attached hydrogen (secondary N) is 1. The number of nitro benzene ring substituents is 1. The first-order chi connectivity index (χ1) is 14.3. The Kier molecular flexibility index (Phi) is 4.50. The van der Waals surface area contributed by atoms with E-state index in [1.165, 1.54) is 30.3 Å². The number of imide groups is 1. The molecule has 1 fully saturated rings. The lowest BCUT2D eigenvalue weighted by molar-refractivity contribution is -0.385. The Balaban J connectivity index is 1.93. The summed E-state index contributed by atoms with van der Waals surface area (Å²) in [5.41, 5.74) is 0.371. The van der Waals surface area contributed by atoms with E-state index in [0.29, 0.717) is 0 Å². The first-order valence-electron chi connectivity index (χ1n) is 8.64. The van der Waals surface area contributed by atoms with E-state index in [-0.39, 0.29) is 27.7 Å². The highest BCUT2D eigenvalue weighted by molar-refractivity contribution is 6.48. The predicted molar refractivity (Wildman–Crippen MR) is 105 cm³/mol. The number of ether oxygens (including phenoxy) is 1. The van der Waals surface area contributed by atoms with Crippen molar-refractivity contribution in [1.82, 2.24) is 5.43 Å². The molecule has 0 bridgehead atoms. The van der Waals surface area contributed by atoms with Gasteiger partial charge >= 0.3 is 5.97 Å². The third-order valence-corrected chi connectivity index (χ3v) is 5.39. The molecule has 0 spiro atoms. The lowest BCUT2D eigenvalue weighted by atomic mass is 9.78. The van der Waals surface area contributed by atoms with Gasteiger partial charge in [-0.15, -0.1) is 0 Å². The molecule has 2 aromatic rings. The van der Waals surface area contributed by atoms with E-state index in [0.717, 1.165) is 18.1 Å². The number of rotatable bonds is 4. The maximum absolute atomic E-state index is 13.6. The van der Waals surface area contributed by atoms with Crippen LogP contribution in [0.1, 0.15) is 5.56 Å². The molecule has 2 aliphatic heterocycles. The van der Waals surface area contributed by atoms with E-state index in [1.807, 2.05) is 0 Å². The fraction of sp³-hybridized carbons (Fsp3) is 0.158. The quantitative estimate of drug-likeness (QED) is 0.339. The van der Waals surface area contributed by atoms with Gasteiger partial charge in [0, 0.05) is 12.1 Å². The van der Waals surface area contributed by atoms with Gasteiger partial charge in [0.25, 0.3) is 11.6 Å². The van der Waals surface area contributed by atoms with Crippen molar-refractivity contribution in [3.05, 3.63) is 69.2 Å². The lowest BCUT2D eigenvalue weighted by Gasteiger charge is -2.26. The predicted octanol–water partition coefficient (Wildman–Crippen LogP) is 1.77. The van der Waals surface area contributed by atoms with Gasteiger partial charge in [-0.05, 0) is 17.7 Å². The number of carbonyl (C=O) groups excluding carboxylic acids is 3. The standard InChI is InChI=1S/C19H13ClN4O6/c1-30-17(26)15-14-16(25)23(13-8-3-2-7-12(13)20)18(27)19(14,22-21-15)10-5-4-6-11(9-10)24(28)29/h2-9,14,22H,1H3. The number of halogens is 1. The Labute approximate surface area is 174 Å². The number of nitro groups is 1. The molecular weight excluding hydrogens is 416 g/mol. The van der Waals surface area contributed by atoms with Gasteiger partial charge in [-0.25, -0.2) is 9.69 Å². The molecule has 2 unspecified atom stereocenters. The largest absolute Gasteiger partial charge is 0.464 e.